The largest absolute Gasteiger partial charge is 0.269 e. The molecule has 1 aromatic carbocycles. The van der Waals surface area contributed by atoms with E-state index in [1.807, 2.05) is 46.9 Å². The number of nitrogens with zero attached hydrogens (tertiary/aromatic N) is 3. The fourth-order valence-electron chi connectivity index (χ4n) is 1.72. The average Bonchev–Trinajstić information content (AvgIpc) is 2.75. The summed E-state index contributed by atoms with van der Waals surface area (Å²) in [7, 11) is 0. The first-order valence-corrected chi connectivity index (χ1v) is 6.19. The van der Waals surface area contributed by atoms with Crippen molar-refractivity contribution >= 4 is 33.2 Å². The molecule has 3 rings (SSSR count). The van der Waals surface area contributed by atoms with Gasteiger partial charge in [-0.2, -0.15) is 0 Å². The number of benzene rings is 1. The molecule has 0 aliphatic heterocycles. The minimum absolute atomic E-state index is 0.664. The Kier molecular flexibility index (Phi) is 2.61. The summed E-state index contributed by atoms with van der Waals surface area (Å²) in [5.74, 6) is 0.734. The average molecular weight is 309 g/mol. The van der Waals surface area contributed by atoms with Gasteiger partial charge in [0.25, 0.3) is 0 Å². The SMILES string of the molecule is Clc1ccccc1-c1nnc2cccc(Br)n12. The van der Waals surface area contributed by atoms with Crippen LogP contribution < -0.4 is 0 Å². The third kappa shape index (κ3) is 1.73. The monoisotopic (exact) mass is 307 g/mol. The minimum Gasteiger partial charge on any atom is -0.269 e. The van der Waals surface area contributed by atoms with E-state index < -0.39 is 0 Å². The highest BCUT2D eigenvalue weighted by Gasteiger charge is 2.12. The lowest BCUT2D eigenvalue weighted by atomic mass is 10.2. The summed E-state index contributed by atoms with van der Waals surface area (Å²) < 4.78 is 2.82. The quantitative estimate of drug-likeness (QED) is 0.640. The van der Waals surface area contributed by atoms with Gasteiger partial charge >= 0.3 is 0 Å². The molecule has 0 saturated heterocycles. The molecule has 0 aliphatic rings. The van der Waals surface area contributed by atoms with Crippen LogP contribution in [0.15, 0.2) is 47.1 Å². The van der Waals surface area contributed by atoms with E-state index >= 15 is 0 Å². The Morgan fingerprint density at radius 1 is 1.00 bits per heavy atom. The van der Waals surface area contributed by atoms with Crippen molar-refractivity contribution in [1.29, 1.82) is 0 Å². The third-order valence-corrected chi connectivity index (χ3v) is 3.44. The minimum atomic E-state index is 0.664. The van der Waals surface area contributed by atoms with Crippen LogP contribution in [0.1, 0.15) is 0 Å². The number of hydrogen-bond acceptors (Lipinski definition) is 2. The van der Waals surface area contributed by atoms with Crippen LogP contribution in [0.4, 0.5) is 0 Å². The summed E-state index contributed by atoms with van der Waals surface area (Å²) in [4.78, 5) is 0. The van der Waals surface area contributed by atoms with Crippen molar-refractivity contribution in [2.45, 2.75) is 0 Å². The Balaban J connectivity index is 2.36. The number of aromatic nitrogens is 3. The van der Waals surface area contributed by atoms with Crippen LogP contribution in [-0.4, -0.2) is 14.6 Å². The van der Waals surface area contributed by atoms with Gasteiger partial charge in [0.2, 0.25) is 0 Å². The first-order valence-electron chi connectivity index (χ1n) is 5.02. The molecule has 0 aliphatic carbocycles. The molecule has 5 heteroatoms. The Morgan fingerprint density at radius 2 is 1.82 bits per heavy atom. The predicted octanol–water partition coefficient (Wildman–Crippen LogP) is 3.81. The molecular weight excluding hydrogens is 302 g/mol. The first-order chi connectivity index (χ1) is 8.27. The van der Waals surface area contributed by atoms with Gasteiger partial charge < -0.3 is 0 Å². The molecule has 0 bridgehead atoms. The highest BCUT2D eigenvalue weighted by molar-refractivity contribution is 9.10. The van der Waals surface area contributed by atoms with Crippen molar-refractivity contribution in [2.75, 3.05) is 0 Å². The van der Waals surface area contributed by atoms with E-state index in [9.17, 15) is 0 Å². The Hall–Kier alpha value is -1.39. The van der Waals surface area contributed by atoms with Gasteiger partial charge in [-0.25, -0.2) is 0 Å². The van der Waals surface area contributed by atoms with Crippen molar-refractivity contribution < 1.29 is 0 Å². The molecule has 0 radical (unpaired) electrons. The first kappa shape index (κ1) is 10.7. The second-order valence-corrected chi connectivity index (χ2v) is 4.77. The zero-order valence-electron chi connectivity index (χ0n) is 8.64. The van der Waals surface area contributed by atoms with Crippen molar-refractivity contribution in [3.05, 3.63) is 52.1 Å². The fraction of sp³-hybridized carbons (Fsp3) is 0. The van der Waals surface area contributed by atoms with E-state index in [2.05, 4.69) is 26.1 Å². The molecule has 0 N–H and O–H groups in total. The Labute approximate surface area is 111 Å². The highest BCUT2D eigenvalue weighted by atomic mass is 79.9. The molecule has 2 aromatic heterocycles. The van der Waals surface area contributed by atoms with Crippen LogP contribution in [0.3, 0.4) is 0 Å². The van der Waals surface area contributed by atoms with Gasteiger partial charge in [-0.15, -0.1) is 10.2 Å². The van der Waals surface area contributed by atoms with Gasteiger partial charge in [0.05, 0.1) is 9.63 Å². The van der Waals surface area contributed by atoms with E-state index in [4.69, 9.17) is 11.6 Å². The van der Waals surface area contributed by atoms with Gasteiger partial charge in [-0.3, -0.25) is 4.40 Å². The number of halogens is 2. The Bertz CT molecular complexity index is 693. The van der Waals surface area contributed by atoms with Crippen LogP contribution in [-0.2, 0) is 0 Å². The molecule has 2 heterocycles. The van der Waals surface area contributed by atoms with Gasteiger partial charge in [0.1, 0.15) is 0 Å². The number of fused-ring (bicyclic) bond motifs is 1. The summed E-state index contributed by atoms with van der Waals surface area (Å²) in [6.07, 6.45) is 0. The molecule has 0 amide bonds. The Morgan fingerprint density at radius 3 is 2.65 bits per heavy atom. The van der Waals surface area contributed by atoms with E-state index in [1.54, 1.807) is 0 Å². The number of rotatable bonds is 1. The highest BCUT2D eigenvalue weighted by Crippen LogP contribution is 2.28. The second kappa shape index (κ2) is 4.13. The lowest BCUT2D eigenvalue weighted by Gasteiger charge is -2.03. The van der Waals surface area contributed by atoms with E-state index in [0.717, 1.165) is 21.6 Å². The molecule has 0 atom stereocenters. The summed E-state index contributed by atoms with van der Waals surface area (Å²) >= 11 is 9.66. The normalized spacial score (nSPS) is 10.9. The molecule has 3 nitrogen and oxygen atoms in total. The van der Waals surface area contributed by atoms with Crippen LogP contribution >= 0.6 is 27.5 Å². The summed E-state index contributed by atoms with van der Waals surface area (Å²) in [5, 5.41) is 8.97. The maximum atomic E-state index is 6.17. The third-order valence-electron chi connectivity index (χ3n) is 2.50. The topological polar surface area (TPSA) is 30.2 Å². The molecule has 17 heavy (non-hydrogen) atoms. The van der Waals surface area contributed by atoms with E-state index in [1.165, 1.54) is 0 Å². The standard InChI is InChI=1S/C12H7BrClN3/c13-10-6-3-7-11-15-16-12(17(10)11)8-4-1-2-5-9(8)14/h1-7H. The van der Waals surface area contributed by atoms with Crippen LogP contribution in [0.2, 0.25) is 5.02 Å². The molecule has 0 saturated carbocycles. The fourth-order valence-corrected chi connectivity index (χ4v) is 2.44. The molecule has 84 valence electrons. The van der Waals surface area contributed by atoms with Crippen LogP contribution in [0.25, 0.3) is 17.0 Å². The predicted molar refractivity (Wildman–Crippen MR) is 71.1 cm³/mol. The molecule has 0 spiro atoms. The van der Waals surface area contributed by atoms with Crippen molar-refractivity contribution in [3.8, 4) is 11.4 Å². The van der Waals surface area contributed by atoms with Crippen molar-refractivity contribution in [2.24, 2.45) is 0 Å². The lowest BCUT2D eigenvalue weighted by molar-refractivity contribution is 1.10. The van der Waals surface area contributed by atoms with Crippen molar-refractivity contribution in [1.82, 2.24) is 14.6 Å². The summed E-state index contributed by atoms with van der Waals surface area (Å²) in [6, 6.07) is 13.4. The van der Waals surface area contributed by atoms with Gasteiger partial charge in [0.15, 0.2) is 11.5 Å². The van der Waals surface area contributed by atoms with Crippen LogP contribution in [0, 0.1) is 0 Å². The maximum absolute atomic E-state index is 6.17. The van der Waals surface area contributed by atoms with Gasteiger partial charge in [-0.1, -0.05) is 29.8 Å². The summed E-state index contributed by atoms with van der Waals surface area (Å²) in [5.41, 5.74) is 1.66. The van der Waals surface area contributed by atoms with E-state index in [-0.39, 0.29) is 0 Å². The van der Waals surface area contributed by atoms with E-state index in [0.29, 0.717) is 5.02 Å². The zero-order chi connectivity index (χ0) is 11.8. The molecule has 0 unspecified atom stereocenters. The molecular formula is C12H7BrClN3. The van der Waals surface area contributed by atoms with Crippen molar-refractivity contribution in [3.63, 3.8) is 0 Å². The summed E-state index contributed by atoms with van der Waals surface area (Å²) in [6.45, 7) is 0. The number of pyridine rings is 1. The lowest BCUT2D eigenvalue weighted by Crippen LogP contribution is -1.91. The molecule has 0 fully saturated rings. The maximum Gasteiger partial charge on any atom is 0.170 e. The number of hydrogen-bond donors (Lipinski definition) is 0. The molecule has 3 aromatic rings. The van der Waals surface area contributed by atoms with Gasteiger partial charge in [0, 0.05) is 5.56 Å². The smallest absolute Gasteiger partial charge is 0.170 e. The van der Waals surface area contributed by atoms with Gasteiger partial charge in [-0.05, 0) is 40.2 Å². The zero-order valence-corrected chi connectivity index (χ0v) is 11.0. The van der Waals surface area contributed by atoms with Crippen LogP contribution in [0.5, 0.6) is 0 Å². The second-order valence-electron chi connectivity index (χ2n) is 3.55.